The lowest BCUT2D eigenvalue weighted by molar-refractivity contribution is 0.400. The molecule has 0 atom stereocenters. The second kappa shape index (κ2) is 2.35. The molecule has 0 N–H and O–H groups in total. The highest BCUT2D eigenvalue weighted by molar-refractivity contribution is 7.13. The molecule has 0 aliphatic rings. The number of methoxy groups -OCH3 is 1. The summed E-state index contributed by atoms with van der Waals surface area (Å²) in [4.78, 5) is 0.935. The summed E-state index contributed by atoms with van der Waals surface area (Å²) in [5.41, 5.74) is 0. The summed E-state index contributed by atoms with van der Waals surface area (Å²) in [5.74, 6) is -0.264. The molecule has 1 heterocycles. The van der Waals surface area contributed by atoms with Gasteiger partial charge < -0.3 is 4.74 Å². The molecule has 9 heavy (non-hydrogen) atoms. The SMILES string of the molecule is COc1sc(C)cc1F. The van der Waals surface area contributed by atoms with Crippen molar-refractivity contribution in [3.05, 3.63) is 16.8 Å². The summed E-state index contributed by atoms with van der Waals surface area (Å²) >= 11 is 1.32. The van der Waals surface area contributed by atoms with Crippen LogP contribution in [0.25, 0.3) is 0 Å². The first kappa shape index (κ1) is 6.55. The molecule has 0 radical (unpaired) electrons. The van der Waals surface area contributed by atoms with Gasteiger partial charge in [-0.15, -0.1) is 11.3 Å². The maximum Gasteiger partial charge on any atom is 0.210 e. The largest absolute Gasteiger partial charge is 0.485 e. The first-order valence-corrected chi connectivity index (χ1v) is 3.35. The van der Waals surface area contributed by atoms with E-state index in [0.717, 1.165) is 4.88 Å². The Morgan fingerprint density at radius 2 is 2.33 bits per heavy atom. The highest BCUT2D eigenvalue weighted by atomic mass is 32.1. The van der Waals surface area contributed by atoms with Crippen LogP contribution in [0.4, 0.5) is 4.39 Å². The van der Waals surface area contributed by atoms with E-state index in [2.05, 4.69) is 0 Å². The van der Waals surface area contributed by atoms with Crippen LogP contribution in [0.3, 0.4) is 0 Å². The minimum absolute atomic E-state index is 0.264. The standard InChI is InChI=1S/C6H7FOS/c1-4-3-5(7)6(8-2)9-4/h3H,1-2H3. The Hall–Kier alpha value is -0.570. The zero-order chi connectivity index (χ0) is 6.85. The smallest absolute Gasteiger partial charge is 0.210 e. The highest BCUT2D eigenvalue weighted by Gasteiger charge is 2.04. The molecule has 0 unspecified atom stereocenters. The molecular weight excluding hydrogens is 139 g/mol. The van der Waals surface area contributed by atoms with Gasteiger partial charge in [0.25, 0.3) is 0 Å². The summed E-state index contributed by atoms with van der Waals surface area (Å²) in [5, 5.41) is 0.368. The number of hydrogen-bond donors (Lipinski definition) is 0. The first-order chi connectivity index (χ1) is 4.24. The number of hydrogen-bond acceptors (Lipinski definition) is 2. The number of aryl methyl sites for hydroxylation is 1. The van der Waals surface area contributed by atoms with Crippen molar-refractivity contribution in [2.75, 3.05) is 7.11 Å². The maximum atomic E-state index is 12.5. The molecule has 0 fully saturated rings. The summed E-state index contributed by atoms with van der Waals surface area (Å²) in [7, 11) is 1.47. The fourth-order valence-electron chi connectivity index (χ4n) is 0.601. The van der Waals surface area contributed by atoms with Crippen LogP contribution in [-0.4, -0.2) is 7.11 Å². The Labute approximate surface area is 57.1 Å². The van der Waals surface area contributed by atoms with E-state index in [0.29, 0.717) is 5.06 Å². The van der Waals surface area contributed by atoms with E-state index in [1.807, 2.05) is 6.92 Å². The van der Waals surface area contributed by atoms with E-state index in [9.17, 15) is 4.39 Å². The second-order valence-electron chi connectivity index (χ2n) is 1.70. The van der Waals surface area contributed by atoms with E-state index in [1.54, 1.807) is 0 Å². The quantitative estimate of drug-likeness (QED) is 0.590. The van der Waals surface area contributed by atoms with Gasteiger partial charge in [-0.3, -0.25) is 0 Å². The van der Waals surface area contributed by atoms with Crippen LogP contribution >= 0.6 is 11.3 Å². The first-order valence-electron chi connectivity index (χ1n) is 2.54. The van der Waals surface area contributed by atoms with Crippen LogP contribution in [0.5, 0.6) is 5.06 Å². The van der Waals surface area contributed by atoms with Crippen molar-refractivity contribution in [3.8, 4) is 5.06 Å². The molecule has 0 aliphatic carbocycles. The van der Waals surface area contributed by atoms with Crippen molar-refractivity contribution in [3.63, 3.8) is 0 Å². The van der Waals surface area contributed by atoms with E-state index in [-0.39, 0.29) is 5.82 Å². The second-order valence-corrected chi connectivity index (χ2v) is 2.92. The Balaban J connectivity index is 3.01. The van der Waals surface area contributed by atoms with Gasteiger partial charge in [-0.2, -0.15) is 0 Å². The average Bonchev–Trinajstić information content (AvgIpc) is 2.10. The number of thiophene rings is 1. The lowest BCUT2D eigenvalue weighted by Gasteiger charge is -1.89. The lowest BCUT2D eigenvalue weighted by atomic mass is 10.5. The third kappa shape index (κ3) is 1.21. The summed E-state index contributed by atoms with van der Waals surface area (Å²) in [6.07, 6.45) is 0. The molecule has 50 valence electrons. The van der Waals surface area contributed by atoms with Gasteiger partial charge in [0, 0.05) is 4.88 Å². The van der Waals surface area contributed by atoms with E-state index < -0.39 is 0 Å². The molecule has 1 rings (SSSR count). The summed E-state index contributed by atoms with van der Waals surface area (Å²) < 4.78 is 17.2. The van der Waals surface area contributed by atoms with Crippen molar-refractivity contribution in [2.24, 2.45) is 0 Å². The number of halogens is 1. The zero-order valence-electron chi connectivity index (χ0n) is 5.27. The minimum Gasteiger partial charge on any atom is -0.485 e. The van der Waals surface area contributed by atoms with Crippen molar-refractivity contribution >= 4 is 11.3 Å². The van der Waals surface area contributed by atoms with E-state index in [4.69, 9.17) is 4.74 Å². The van der Waals surface area contributed by atoms with Crippen LogP contribution in [0, 0.1) is 12.7 Å². The Kier molecular flexibility index (Phi) is 1.71. The van der Waals surface area contributed by atoms with Gasteiger partial charge in [0.05, 0.1) is 7.11 Å². The molecule has 3 heteroatoms. The maximum absolute atomic E-state index is 12.5. The van der Waals surface area contributed by atoms with Crippen LogP contribution in [0.1, 0.15) is 4.88 Å². The summed E-state index contributed by atoms with van der Waals surface area (Å²) in [6.45, 7) is 1.84. The Bertz CT molecular complexity index is 207. The molecule has 0 aliphatic heterocycles. The third-order valence-corrected chi connectivity index (χ3v) is 1.95. The molecule has 1 aromatic rings. The molecule has 1 aromatic heterocycles. The van der Waals surface area contributed by atoms with Crippen molar-refractivity contribution < 1.29 is 9.13 Å². The summed E-state index contributed by atoms with van der Waals surface area (Å²) in [6, 6.07) is 1.46. The molecule has 0 saturated carbocycles. The van der Waals surface area contributed by atoms with Gasteiger partial charge in [0.2, 0.25) is 5.06 Å². The van der Waals surface area contributed by atoms with Gasteiger partial charge in [-0.25, -0.2) is 4.39 Å². The molecule has 0 saturated heterocycles. The fourth-order valence-corrected chi connectivity index (χ4v) is 1.30. The third-order valence-electron chi connectivity index (χ3n) is 0.964. The van der Waals surface area contributed by atoms with E-state index >= 15 is 0 Å². The topological polar surface area (TPSA) is 9.23 Å². The molecule has 0 aromatic carbocycles. The number of ether oxygens (including phenoxy) is 1. The van der Waals surface area contributed by atoms with Crippen LogP contribution in [0.15, 0.2) is 6.07 Å². The van der Waals surface area contributed by atoms with Crippen LogP contribution in [0.2, 0.25) is 0 Å². The highest BCUT2D eigenvalue weighted by Crippen LogP contribution is 2.27. The normalized spacial score (nSPS) is 9.67. The monoisotopic (exact) mass is 146 g/mol. The molecular formula is C6H7FOS. The van der Waals surface area contributed by atoms with Gasteiger partial charge >= 0.3 is 0 Å². The molecule has 0 amide bonds. The Morgan fingerprint density at radius 1 is 1.67 bits per heavy atom. The average molecular weight is 146 g/mol. The predicted octanol–water partition coefficient (Wildman–Crippen LogP) is 2.20. The van der Waals surface area contributed by atoms with Gasteiger partial charge in [0.15, 0.2) is 5.82 Å². The lowest BCUT2D eigenvalue weighted by Crippen LogP contribution is -1.78. The van der Waals surface area contributed by atoms with Gasteiger partial charge in [-0.1, -0.05) is 0 Å². The molecule has 1 nitrogen and oxygen atoms in total. The number of rotatable bonds is 1. The Morgan fingerprint density at radius 3 is 2.56 bits per heavy atom. The fraction of sp³-hybridized carbons (Fsp3) is 0.333. The predicted molar refractivity (Wildman–Crippen MR) is 35.6 cm³/mol. The van der Waals surface area contributed by atoms with Gasteiger partial charge in [0.1, 0.15) is 0 Å². The van der Waals surface area contributed by atoms with Gasteiger partial charge in [-0.05, 0) is 13.0 Å². The van der Waals surface area contributed by atoms with Crippen molar-refractivity contribution in [1.82, 2.24) is 0 Å². The van der Waals surface area contributed by atoms with Crippen molar-refractivity contribution in [2.45, 2.75) is 6.92 Å². The van der Waals surface area contributed by atoms with E-state index in [1.165, 1.54) is 24.5 Å². The molecule has 0 bridgehead atoms. The minimum atomic E-state index is -0.264. The van der Waals surface area contributed by atoms with Crippen LogP contribution in [-0.2, 0) is 0 Å². The van der Waals surface area contributed by atoms with Crippen LogP contribution < -0.4 is 4.74 Å². The van der Waals surface area contributed by atoms with Crippen molar-refractivity contribution in [1.29, 1.82) is 0 Å². The zero-order valence-corrected chi connectivity index (χ0v) is 6.09. The molecule has 0 spiro atoms.